The fourth-order valence-corrected chi connectivity index (χ4v) is 2.96. The van der Waals surface area contributed by atoms with E-state index in [9.17, 15) is 4.79 Å². The summed E-state index contributed by atoms with van der Waals surface area (Å²) >= 11 is 1.68. The minimum absolute atomic E-state index is 0. The maximum absolute atomic E-state index is 11.6. The van der Waals surface area contributed by atoms with Crippen LogP contribution in [0.5, 0.6) is 0 Å². The summed E-state index contributed by atoms with van der Waals surface area (Å²) in [6.45, 7) is 4.40. The van der Waals surface area contributed by atoms with Crippen LogP contribution in [0.1, 0.15) is 23.5 Å². The first-order valence-electron chi connectivity index (χ1n) is 8.20. The minimum Gasteiger partial charge on any atom is -0.356 e. The zero-order valence-electron chi connectivity index (χ0n) is 14.7. The van der Waals surface area contributed by atoms with E-state index in [0.717, 1.165) is 55.6 Å². The average molecular weight is 475 g/mol. The predicted octanol–water partition coefficient (Wildman–Crippen LogP) is 2.42. The molecule has 2 N–H and O–H groups in total. The summed E-state index contributed by atoms with van der Waals surface area (Å²) in [5, 5.41) is 9.79. The van der Waals surface area contributed by atoms with Crippen molar-refractivity contribution in [3.63, 3.8) is 0 Å². The van der Waals surface area contributed by atoms with Crippen LogP contribution in [0.2, 0.25) is 0 Å². The molecule has 25 heavy (non-hydrogen) atoms. The second-order valence-corrected chi connectivity index (χ2v) is 6.54. The second kappa shape index (κ2) is 12.0. The monoisotopic (exact) mass is 475 g/mol. The Morgan fingerprint density at radius 3 is 2.76 bits per heavy atom. The van der Waals surface area contributed by atoms with E-state index in [1.807, 2.05) is 19.2 Å². The number of pyridine rings is 1. The standard InChI is InChI=1S/C17H25N5OS.HI/c1-14-21-15(13-24-14)8-10-20-17(18-2)19-9-4-6-12-22-11-5-3-7-16(22)23;/h3,5,7,11,13H,4,6,8-10,12H2,1-2H3,(H2,18,19,20);1H. The lowest BCUT2D eigenvalue weighted by Gasteiger charge is -2.11. The first kappa shape index (κ1) is 21.6. The first-order valence-corrected chi connectivity index (χ1v) is 9.08. The zero-order valence-corrected chi connectivity index (χ0v) is 17.8. The number of rotatable bonds is 8. The summed E-state index contributed by atoms with van der Waals surface area (Å²) in [7, 11) is 1.77. The van der Waals surface area contributed by atoms with E-state index < -0.39 is 0 Å². The van der Waals surface area contributed by atoms with Crippen LogP contribution in [-0.4, -0.2) is 35.6 Å². The molecule has 0 radical (unpaired) electrons. The largest absolute Gasteiger partial charge is 0.356 e. The van der Waals surface area contributed by atoms with Gasteiger partial charge in [0.05, 0.1) is 10.7 Å². The van der Waals surface area contributed by atoms with Gasteiger partial charge in [0.1, 0.15) is 0 Å². The fourth-order valence-electron chi connectivity index (χ4n) is 2.31. The summed E-state index contributed by atoms with van der Waals surface area (Å²) in [5.41, 5.74) is 1.17. The van der Waals surface area contributed by atoms with E-state index in [1.54, 1.807) is 35.1 Å². The predicted molar refractivity (Wildman–Crippen MR) is 115 cm³/mol. The molecule has 0 spiro atoms. The maximum Gasteiger partial charge on any atom is 0.250 e. The Morgan fingerprint density at radius 2 is 2.08 bits per heavy atom. The van der Waals surface area contributed by atoms with Crippen molar-refractivity contribution in [3.8, 4) is 0 Å². The summed E-state index contributed by atoms with van der Waals surface area (Å²) in [6.07, 6.45) is 4.65. The molecule has 2 aromatic rings. The Balaban J connectivity index is 0.00000312. The molecule has 0 aliphatic rings. The van der Waals surface area contributed by atoms with Crippen molar-refractivity contribution in [2.24, 2.45) is 4.99 Å². The van der Waals surface area contributed by atoms with E-state index in [4.69, 9.17) is 0 Å². The van der Waals surface area contributed by atoms with E-state index in [0.29, 0.717) is 0 Å². The molecule has 138 valence electrons. The molecule has 0 aliphatic heterocycles. The molecule has 0 unspecified atom stereocenters. The Bertz CT molecular complexity index is 713. The Hall–Kier alpha value is -1.42. The van der Waals surface area contributed by atoms with Gasteiger partial charge in [-0.05, 0) is 25.8 Å². The topological polar surface area (TPSA) is 71.3 Å². The lowest BCUT2D eigenvalue weighted by atomic mass is 10.3. The maximum atomic E-state index is 11.6. The lowest BCUT2D eigenvalue weighted by Crippen LogP contribution is -2.38. The molecular formula is C17H26IN5OS. The van der Waals surface area contributed by atoms with Gasteiger partial charge in [-0.15, -0.1) is 35.3 Å². The number of thiazole rings is 1. The Morgan fingerprint density at radius 1 is 1.28 bits per heavy atom. The molecule has 0 aliphatic carbocycles. The van der Waals surface area contributed by atoms with Crippen molar-refractivity contribution in [3.05, 3.63) is 50.8 Å². The number of nitrogens with one attached hydrogen (secondary N) is 2. The quantitative estimate of drug-likeness (QED) is 0.266. The van der Waals surface area contributed by atoms with Crippen molar-refractivity contribution in [1.82, 2.24) is 20.2 Å². The van der Waals surface area contributed by atoms with Gasteiger partial charge in [-0.3, -0.25) is 9.79 Å². The van der Waals surface area contributed by atoms with Crippen LogP contribution < -0.4 is 16.2 Å². The van der Waals surface area contributed by atoms with Crippen LogP contribution in [-0.2, 0) is 13.0 Å². The number of aryl methyl sites for hydroxylation is 2. The number of hydrogen-bond donors (Lipinski definition) is 2. The normalized spacial score (nSPS) is 11.0. The van der Waals surface area contributed by atoms with Crippen molar-refractivity contribution in [2.45, 2.75) is 32.7 Å². The third kappa shape index (κ3) is 8.00. The van der Waals surface area contributed by atoms with Gasteiger partial charge in [-0.1, -0.05) is 6.07 Å². The molecule has 2 aromatic heterocycles. The van der Waals surface area contributed by atoms with Crippen LogP contribution in [0.3, 0.4) is 0 Å². The third-order valence-corrected chi connectivity index (χ3v) is 4.40. The van der Waals surface area contributed by atoms with Gasteiger partial charge in [0.2, 0.25) is 5.56 Å². The second-order valence-electron chi connectivity index (χ2n) is 5.47. The van der Waals surface area contributed by atoms with Gasteiger partial charge in [-0.2, -0.15) is 0 Å². The molecule has 2 heterocycles. The van der Waals surface area contributed by atoms with E-state index in [1.165, 1.54) is 0 Å². The summed E-state index contributed by atoms with van der Waals surface area (Å²) in [6, 6.07) is 5.24. The Labute approximate surface area is 169 Å². The number of halogens is 1. The molecule has 0 atom stereocenters. The molecule has 8 heteroatoms. The SMILES string of the molecule is CN=C(NCCCCn1ccccc1=O)NCCc1csc(C)n1.I. The summed E-state index contributed by atoms with van der Waals surface area (Å²) in [5.74, 6) is 0.804. The minimum atomic E-state index is 0. The highest BCUT2D eigenvalue weighted by Crippen LogP contribution is 2.07. The van der Waals surface area contributed by atoms with Gasteiger partial charge in [-0.25, -0.2) is 4.98 Å². The molecular weight excluding hydrogens is 449 g/mol. The third-order valence-electron chi connectivity index (χ3n) is 3.58. The number of nitrogens with zero attached hydrogens (tertiary/aromatic N) is 3. The van der Waals surface area contributed by atoms with E-state index >= 15 is 0 Å². The van der Waals surface area contributed by atoms with Crippen LogP contribution in [0.15, 0.2) is 39.6 Å². The van der Waals surface area contributed by atoms with Crippen LogP contribution >= 0.6 is 35.3 Å². The van der Waals surface area contributed by atoms with Crippen molar-refractivity contribution in [2.75, 3.05) is 20.1 Å². The molecule has 0 fully saturated rings. The van der Waals surface area contributed by atoms with Gasteiger partial charge in [0.15, 0.2) is 5.96 Å². The Kier molecular flexibility index (Phi) is 10.4. The lowest BCUT2D eigenvalue weighted by molar-refractivity contribution is 0.585. The molecule has 2 rings (SSSR count). The van der Waals surface area contributed by atoms with E-state index in [-0.39, 0.29) is 29.5 Å². The molecule has 0 bridgehead atoms. The molecule has 0 amide bonds. The number of unbranched alkanes of at least 4 members (excludes halogenated alkanes) is 1. The van der Waals surface area contributed by atoms with Gasteiger partial charge in [0, 0.05) is 50.7 Å². The number of aliphatic imine (C=N–C) groups is 1. The molecule has 6 nitrogen and oxygen atoms in total. The summed E-state index contributed by atoms with van der Waals surface area (Å²) in [4.78, 5) is 20.2. The number of hydrogen-bond acceptors (Lipinski definition) is 4. The number of aromatic nitrogens is 2. The van der Waals surface area contributed by atoms with Crippen molar-refractivity contribution < 1.29 is 0 Å². The molecule has 0 aromatic carbocycles. The highest BCUT2D eigenvalue weighted by molar-refractivity contribution is 14.0. The van der Waals surface area contributed by atoms with Gasteiger partial charge in [0.25, 0.3) is 0 Å². The van der Waals surface area contributed by atoms with E-state index in [2.05, 4.69) is 26.0 Å². The fraction of sp³-hybridized carbons (Fsp3) is 0.471. The smallest absolute Gasteiger partial charge is 0.250 e. The van der Waals surface area contributed by atoms with Crippen molar-refractivity contribution in [1.29, 1.82) is 0 Å². The highest BCUT2D eigenvalue weighted by Gasteiger charge is 2.00. The summed E-state index contributed by atoms with van der Waals surface area (Å²) < 4.78 is 1.74. The zero-order chi connectivity index (χ0) is 17.2. The molecule has 0 saturated carbocycles. The first-order chi connectivity index (χ1) is 11.7. The van der Waals surface area contributed by atoms with Crippen LogP contribution in [0, 0.1) is 6.92 Å². The molecule has 0 saturated heterocycles. The highest BCUT2D eigenvalue weighted by atomic mass is 127. The van der Waals surface area contributed by atoms with Gasteiger partial charge < -0.3 is 15.2 Å². The van der Waals surface area contributed by atoms with Crippen molar-refractivity contribution >= 4 is 41.3 Å². The average Bonchev–Trinajstić information content (AvgIpc) is 3.00. The van der Waals surface area contributed by atoms with Crippen LogP contribution in [0.4, 0.5) is 0 Å². The van der Waals surface area contributed by atoms with Gasteiger partial charge >= 0.3 is 0 Å². The van der Waals surface area contributed by atoms with Crippen LogP contribution in [0.25, 0.3) is 0 Å². The number of guanidine groups is 1.